The minimum absolute atomic E-state index is 0.124. The average molecular weight is 325 g/mol. The number of hydrogen-bond donors (Lipinski definition) is 2. The molecule has 2 N–H and O–H groups in total. The molecule has 0 heterocycles. The Bertz CT molecular complexity index is 661. The van der Waals surface area contributed by atoms with Crippen molar-refractivity contribution in [2.24, 2.45) is 0 Å². The molecule has 0 aliphatic rings. The highest BCUT2D eigenvalue weighted by Crippen LogP contribution is 2.13. The lowest BCUT2D eigenvalue weighted by molar-refractivity contribution is 0.163. The fraction of sp³-hybridized carbons (Fsp3) is 0.300. The van der Waals surface area contributed by atoms with Crippen LogP contribution in [0.1, 0.15) is 11.1 Å². The Balaban J connectivity index is 1.86. The second kappa shape index (κ2) is 10.5. The highest BCUT2D eigenvalue weighted by atomic mass is 16.5. The smallest absolute Gasteiger partial charge is 0.120 e. The van der Waals surface area contributed by atoms with Gasteiger partial charge in [-0.2, -0.15) is 0 Å². The van der Waals surface area contributed by atoms with E-state index in [1.807, 2.05) is 42.5 Å². The summed E-state index contributed by atoms with van der Waals surface area (Å²) in [5.74, 6) is 6.24. The van der Waals surface area contributed by atoms with Gasteiger partial charge in [-0.05, 0) is 23.8 Å². The van der Waals surface area contributed by atoms with E-state index in [0.717, 1.165) is 24.4 Å². The van der Waals surface area contributed by atoms with Crippen LogP contribution in [0.3, 0.4) is 0 Å². The van der Waals surface area contributed by atoms with E-state index in [-0.39, 0.29) is 13.2 Å². The molecule has 0 spiro atoms. The molecule has 0 aliphatic carbocycles. The second-order valence-electron chi connectivity index (χ2n) is 5.32. The summed E-state index contributed by atoms with van der Waals surface area (Å²) in [6, 6.07) is 17.7. The van der Waals surface area contributed by atoms with Gasteiger partial charge in [0.1, 0.15) is 19.0 Å². The van der Waals surface area contributed by atoms with E-state index in [2.05, 4.69) is 28.9 Å². The van der Waals surface area contributed by atoms with Crippen LogP contribution in [0.4, 0.5) is 0 Å². The Labute approximate surface area is 143 Å². The van der Waals surface area contributed by atoms with E-state index in [1.54, 1.807) is 0 Å². The predicted molar refractivity (Wildman–Crippen MR) is 94.7 cm³/mol. The van der Waals surface area contributed by atoms with Crippen LogP contribution in [0.25, 0.3) is 0 Å². The van der Waals surface area contributed by atoms with Gasteiger partial charge in [-0.3, -0.25) is 4.90 Å². The minimum atomic E-state index is -0.152. The van der Waals surface area contributed by atoms with Gasteiger partial charge in [0.05, 0.1) is 6.61 Å². The van der Waals surface area contributed by atoms with Crippen molar-refractivity contribution in [2.75, 3.05) is 32.9 Å². The molecule has 126 valence electrons. The van der Waals surface area contributed by atoms with Gasteiger partial charge in [0.2, 0.25) is 0 Å². The van der Waals surface area contributed by atoms with Crippen LogP contribution < -0.4 is 4.74 Å². The number of rotatable bonds is 8. The Kier molecular flexibility index (Phi) is 7.85. The van der Waals surface area contributed by atoms with Crippen molar-refractivity contribution >= 4 is 0 Å². The van der Waals surface area contributed by atoms with Crippen molar-refractivity contribution in [1.82, 2.24) is 4.90 Å². The molecule has 0 fully saturated rings. The van der Waals surface area contributed by atoms with E-state index in [0.29, 0.717) is 13.2 Å². The van der Waals surface area contributed by atoms with Gasteiger partial charge < -0.3 is 14.9 Å². The molecule has 0 amide bonds. The zero-order valence-corrected chi connectivity index (χ0v) is 13.7. The first-order valence-corrected chi connectivity index (χ1v) is 8.01. The zero-order valence-electron chi connectivity index (χ0n) is 13.7. The third kappa shape index (κ3) is 6.43. The molecular formula is C20H23NO3. The first-order valence-electron chi connectivity index (χ1n) is 8.01. The lowest BCUT2D eigenvalue weighted by Crippen LogP contribution is -2.30. The lowest BCUT2D eigenvalue weighted by Gasteiger charge is -2.21. The van der Waals surface area contributed by atoms with E-state index in [9.17, 15) is 5.11 Å². The summed E-state index contributed by atoms with van der Waals surface area (Å²) < 4.78 is 5.79. The third-order valence-electron chi connectivity index (χ3n) is 3.49. The number of benzene rings is 2. The molecular weight excluding hydrogens is 302 g/mol. The normalized spacial score (nSPS) is 10.3. The Morgan fingerprint density at radius 1 is 0.958 bits per heavy atom. The van der Waals surface area contributed by atoms with Crippen molar-refractivity contribution in [3.8, 4) is 17.6 Å². The summed E-state index contributed by atoms with van der Waals surface area (Å²) in [4.78, 5) is 2.16. The summed E-state index contributed by atoms with van der Waals surface area (Å²) >= 11 is 0. The van der Waals surface area contributed by atoms with E-state index < -0.39 is 0 Å². The molecule has 24 heavy (non-hydrogen) atoms. The van der Waals surface area contributed by atoms with Crippen LogP contribution >= 0.6 is 0 Å². The standard InChI is InChI=1S/C20H23NO3/c22-13-5-9-18-8-4-10-20(16-18)24-15-12-21(11-14-23)17-19-6-2-1-3-7-19/h1-4,6-8,10,16,22-23H,11-15,17H2. The van der Waals surface area contributed by atoms with Crippen LogP contribution in [0, 0.1) is 11.8 Å². The van der Waals surface area contributed by atoms with E-state index >= 15 is 0 Å². The quantitative estimate of drug-likeness (QED) is 0.728. The number of aliphatic hydroxyl groups excluding tert-OH is 2. The van der Waals surface area contributed by atoms with Crippen molar-refractivity contribution in [3.05, 3.63) is 65.7 Å². The molecule has 2 rings (SSSR count). The fourth-order valence-electron chi connectivity index (χ4n) is 2.35. The first-order chi connectivity index (χ1) is 11.8. The maximum absolute atomic E-state index is 9.23. The Morgan fingerprint density at radius 3 is 2.54 bits per heavy atom. The van der Waals surface area contributed by atoms with Crippen LogP contribution in [-0.4, -0.2) is 48.0 Å². The third-order valence-corrected chi connectivity index (χ3v) is 3.49. The van der Waals surface area contributed by atoms with Crippen LogP contribution in [0.15, 0.2) is 54.6 Å². The van der Waals surface area contributed by atoms with Crippen LogP contribution in [-0.2, 0) is 6.54 Å². The Hall–Kier alpha value is -2.32. The lowest BCUT2D eigenvalue weighted by atomic mass is 10.2. The Morgan fingerprint density at radius 2 is 1.79 bits per heavy atom. The molecule has 0 radical (unpaired) electrons. The molecule has 0 saturated carbocycles. The molecule has 2 aromatic rings. The topological polar surface area (TPSA) is 52.9 Å². The number of hydrogen-bond acceptors (Lipinski definition) is 4. The molecule has 2 aromatic carbocycles. The zero-order chi connectivity index (χ0) is 17.0. The fourth-order valence-corrected chi connectivity index (χ4v) is 2.35. The molecule has 0 atom stereocenters. The molecule has 4 nitrogen and oxygen atoms in total. The number of ether oxygens (including phenoxy) is 1. The van der Waals surface area contributed by atoms with Gasteiger partial charge >= 0.3 is 0 Å². The molecule has 0 aliphatic heterocycles. The highest BCUT2D eigenvalue weighted by molar-refractivity contribution is 5.39. The van der Waals surface area contributed by atoms with Gasteiger partial charge in [-0.25, -0.2) is 0 Å². The predicted octanol–water partition coefficient (Wildman–Crippen LogP) is 1.90. The van der Waals surface area contributed by atoms with Crippen LogP contribution in [0.2, 0.25) is 0 Å². The molecule has 0 bridgehead atoms. The van der Waals surface area contributed by atoms with E-state index in [1.165, 1.54) is 5.56 Å². The van der Waals surface area contributed by atoms with Gasteiger partial charge in [0.25, 0.3) is 0 Å². The SMILES string of the molecule is OCC#Cc1cccc(OCCN(CCO)Cc2ccccc2)c1. The van der Waals surface area contributed by atoms with Crippen LogP contribution in [0.5, 0.6) is 5.75 Å². The number of aliphatic hydroxyl groups is 2. The maximum Gasteiger partial charge on any atom is 0.120 e. The van der Waals surface area contributed by atoms with Crippen molar-refractivity contribution in [2.45, 2.75) is 6.54 Å². The molecule has 0 unspecified atom stereocenters. The first kappa shape index (κ1) is 18.0. The highest BCUT2D eigenvalue weighted by Gasteiger charge is 2.06. The van der Waals surface area contributed by atoms with Gasteiger partial charge in [0, 0.05) is 25.2 Å². The van der Waals surface area contributed by atoms with Gasteiger partial charge in [-0.15, -0.1) is 0 Å². The van der Waals surface area contributed by atoms with Crippen molar-refractivity contribution in [3.63, 3.8) is 0 Å². The summed E-state index contributed by atoms with van der Waals surface area (Å²) in [5.41, 5.74) is 2.03. The summed E-state index contributed by atoms with van der Waals surface area (Å²) in [5, 5.41) is 18.0. The summed E-state index contributed by atoms with van der Waals surface area (Å²) in [7, 11) is 0. The molecule has 4 heteroatoms. The largest absolute Gasteiger partial charge is 0.492 e. The number of nitrogens with zero attached hydrogens (tertiary/aromatic N) is 1. The van der Waals surface area contributed by atoms with E-state index in [4.69, 9.17) is 9.84 Å². The second-order valence-corrected chi connectivity index (χ2v) is 5.32. The average Bonchev–Trinajstić information content (AvgIpc) is 2.61. The summed E-state index contributed by atoms with van der Waals surface area (Å²) in [6.45, 7) is 2.62. The van der Waals surface area contributed by atoms with Crippen molar-refractivity contribution < 1.29 is 14.9 Å². The molecule has 0 aromatic heterocycles. The van der Waals surface area contributed by atoms with Crippen molar-refractivity contribution in [1.29, 1.82) is 0 Å². The van der Waals surface area contributed by atoms with Gasteiger partial charge in [-0.1, -0.05) is 48.2 Å². The summed E-state index contributed by atoms with van der Waals surface area (Å²) in [6.07, 6.45) is 0. The van der Waals surface area contributed by atoms with Gasteiger partial charge in [0.15, 0.2) is 0 Å². The maximum atomic E-state index is 9.23. The molecule has 0 saturated heterocycles. The minimum Gasteiger partial charge on any atom is -0.492 e. The monoisotopic (exact) mass is 325 g/mol.